The van der Waals surface area contributed by atoms with Crippen LogP contribution in [-0.2, 0) is 6.42 Å². The molecule has 4 nitrogen and oxygen atoms in total. The van der Waals surface area contributed by atoms with Crippen LogP contribution in [-0.4, -0.2) is 34.3 Å². The molecule has 0 aromatic carbocycles. The second kappa shape index (κ2) is 5.10. The quantitative estimate of drug-likeness (QED) is 0.874. The van der Waals surface area contributed by atoms with Gasteiger partial charge in [0.1, 0.15) is 11.3 Å². The van der Waals surface area contributed by atoms with Crippen LogP contribution in [0.15, 0.2) is 22.8 Å². The van der Waals surface area contributed by atoms with Crippen LogP contribution in [0.5, 0.6) is 0 Å². The number of aromatic nitrogens is 2. The van der Waals surface area contributed by atoms with E-state index in [2.05, 4.69) is 27.8 Å². The molecule has 0 radical (unpaired) electrons. The number of nitrogens with zero attached hydrogens (tertiary/aromatic N) is 3. The summed E-state index contributed by atoms with van der Waals surface area (Å²) in [5.74, 6) is -0.0101. The number of rotatable bonds is 3. The maximum atomic E-state index is 12.3. The molecule has 0 bridgehead atoms. The van der Waals surface area contributed by atoms with Crippen LogP contribution in [0, 0.1) is 0 Å². The summed E-state index contributed by atoms with van der Waals surface area (Å²) in [5, 5.41) is 0. The molecule has 0 fully saturated rings. The molecule has 0 spiro atoms. The van der Waals surface area contributed by atoms with Crippen LogP contribution in [0.4, 0.5) is 0 Å². The van der Waals surface area contributed by atoms with E-state index in [9.17, 15) is 4.79 Å². The third-order valence-electron chi connectivity index (χ3n) is 2.75. The highest BCUT2D eigenvalue weighted by Crippen LogP contribution is 2.19. The van der Waals surface area contributed by atoms with Crippen LogP contribution in [0.1, 0.15) is 29.5 Å². The van der Waals surface area contributed by atoms with E-state index >= 15 is 0 Å². The molecule has 2 aromatic rings. The molecule has 0 aliphatic rings. The van der Waals surface area contributed by atoms with E-state index in [1.807, 2.05) is 22.7 Å². The van der Waals surface area contributed by atoms with Crippen molar-refractivity contribution >= 4 is 27.5 Å². The second-order valence-corrected chi connectivity index (χ2v) is 5.35. The van der Waals surface area contributed by atoms with Crippen molar-refractivity contribution in [3.63, 3.8) is 0 Å². The zero-order valence-electron chi connectivity index (χ0n) is 10.8. The van der Waals surface area contributed by atoms with E-state index in [4.69, 9.17) is 0 Å². The topological polar surface area (TPSA) is 37.6 Å². The van der Waals surface area contributed by atoms with Gasteiger partial charge < -0.3 is 4.90 Å². The van der Waals surface area contributed by atoms with Gasteiger partial charge >= 0.3 is 0 Å². The van der Waals surface area contributed by atoms with Crippen LogP contribution in [0.3, 0.4) is 0 Å². The average Bonchev–Trinajstić information content (AvgIpc) is 2.66. The Hall–Kier alpha value is -1.36. The summed E-state index contributed by atoms with van der Waals surface area (Å²) in [4.78, 5) is 18.4. The van der Waals surface area contributed by atoms with Crippen LogP contribution >= 0.6 is 15.9 Å². The molecule has 2 rings (SSSR count). The minimum absolute atomic E-state index is 0.0101. The van der Waals surface area contributed by atoms with Crippen molar-refractivity contribution in [2.75, 3.05) is 14.1 Å². The lowest BCUT2D eigenvalue weighted by molar-refractivity contribution is 0.0819. The number of hydrogen-bond donors (Lipinski definition) is 0. The van der Waals surface area contributed by atoms with E-state index in [1.54, 1.807) is 19.0 Å². The summed E-state index contributed by atoms with van der Waals surface area (Å²) in [7, 11) is 3.52. The number of pyridine rings is 1. The Morgan fingerprint density at radius 3 is 2.78 bits per heavy atom. The molecule has 18 heavy (non-hydrogen) atoms. The van der Waals surface area contributed by atoms with Gasteiger partial charge in [-0.3, -0.25) is 9.20 Å². The molecule has 5 heteroatoms. The highest BCUT2D eigenvalue weighted by molar-refractivity contribution is 9.10. The van der Waals surface area contributed by atoms with E-state index < -0.39 is 0 Å². The van der Waals surface area contributed by atoms with Gasteiger partial charge in [0.05, 0.1) is 5.69 Å². The predicted molar refractivity (Wildman–Crippen MR) is 74.9 cm³/mol. The van der Waals surface area contributed by atoms with E-state index in [0.29, 0.717) is 5.69 Å². The molecular weight excluding hydrogens is 294 g/mol. The minimum Gasteiger partial charge on any atom is -0.343 e. The number of fused-ring (bicyclic) bond motifs is 1. The molecule has 0 aliphatic carbocycles. The van der Waals surface area contributed by atoms with Crippen molar-refractivity contribution < 1.29 is 4.79 Å². The van der Waals surface area contributed by atoms with Gasteiger partial charge in [0, 0.05) is 24.8 Å². The lowest BCUT2D eigenvalue weighted by Gasteiger charge is -2.11. The summed E-state index contributed by atoms with van der Waals surface area (Å²) in [6, 6.07) is 3.84. The van der Waals surface area contributed by atoms with Crippen LogP contribution in [0.25, 0.3) is 5.65 Å². The minimum atomic E-state index is -0.0101. The van der Waals surface area contributed by atoms with Gasteiger partial charge in [-0.1, -0.05) is 13.3 Å². The van der Waals surface area contributed by atoms with Gasteiger partial charge in [0.25, 0.3) is 5.91 Å². The molecule has 0 unspecified atom stereocenters. The normalized spacial score (nSPS) is 10.9. The SMILES string of the molecule is CCCc1nc2ccc(Br)cn2c1C(=O)N(C)C. The number of carbonyl (C=O) groups excluding carboxylic acids is 1. The first-order valence-corrected chi connectivity index (χ1v) is 6.72. The Morgan fingerprint density at radius 1 is 1.44 bits per heavy atom. The van der Waals surface area contributed by atoms with Gasteiger partial charge in [-0.25, -0.2) is 4.98 Å². The molecule has 0 saturated carbocycles. The summed E-state index contributed by atoms with van der Waals surface area (Å²) < 4.78 is 2.79. The van der Waals surface area contributed by atoms with Crippen LogP contribution in [0.2, 0.25) is 0 Å². The highest BCUT2D eigenvalue weighted by Gasteiger charge is 2.20. The Balaban J connectivity index is 2.68. The van der Waals surface area contributed by atoms with Crippen molar-refractivity contribution in [1.29, 1.82) is 0 Å². The first-order chi connectivity index (χ1) is 8.54. The standard InChI is InChI=1S/C13H16BrN3O/c1-4-5-10-12(13(18)16(2)3)17-8-9(14)6-7-11(17)15-10/h6-8H,4-5H2,1-3H3. The second-order valence-electron chi connectivity index (χ2n) is 4.43. The number of amides is 1. The molecule has 0 aliphatic heterocycles. The number of aryl methyl sites for hydroxylation is 1. The molecular formula is C13H16BrN3O. The Kier molecular flexibility index (Phi) is 3.71. The fourth-order valence-corrected chi connectivity index (χ4v) is 2.25. The molecule has 0 saturated heterocycles. The number of imidazole rings is 1. The number of halogens is 1. The van der Waals surface area contributed by atoms with E-state index in [-0.39, 0.29) is 5.91 Å². The van der Waals surface area contributed by atoms with Gasteiger partial charge in [-0.2, -0.15) is 0 Å². The van der Waals surface area contributed by atoms with Gasteiger partial charge in [-0.05, 0) is 34.5 Å². The van der Waals surface area contributed by atoms with Gasteiger partial charge in [-0.15, -0.1) is 0 Å². The smallest absolute Gasteiger partial charge is 0.272 e. The third-order valence-corrected chi connectivity index (χ3v) is 3.22. The summed E-state index contributed by atoms with van der Waals surface area (Å²) in [6.45, 7) is 2.09. The average molecular weight is 310 g/mol. The summed E-state index contributed by atoms with van der Waals surface area (Å²) in [5.41, 5.74) is 2.35. The van der Waals surface area contributed by atoms with Crippen molar-refractivity contribution in [2.24, 2.45) is 0 Å². The fourth-order valence-electron chi connectivity index (χ4n) is 1.92. The van der Waals surface area contributed by atoms with Crippen molar-refractivity contribution in [3.05, 3.63) is 34.2 Å². The maximum Gasteiger partial charge on any atom is 0.272 e. The maximum absolute atomic E-state index is 12.3. The molecule has 0 atom stereocenters. The molecule has 2 aromatic heterocycles. The summed E-state index contributed by atoms with van der Waals surface area (Å²) >= 11 is 3.43. The molecule has 1 amide bonds. The third kappa shape index (κ3) is 2.27. The Morgan fingerprint density at radius 2 is 2.17 bits per heavy atom. The van der Waals surface area contributed by atoms with Crippen molar-refractivity contribution in [3.8, 4) is 0 Å². The zero-order chi connectivity index (χ0) is 13.3. The van der Waals surface area contributed by atoms with Crippen LogP contribution < -0.4 is 0 Å². The number of hydrogen-bond acceptors (Lipinski definition) is 2. The van der Waals surface area contributed by atoms with E-state index in [1.165, 1.54) is 0 Å². The van der Waals surface area contributed by atoms with Crippen molar-refractivity contribution in [1.82, 2.24) is 14.3 Å². The largest absolute Gasteiger partial charge is 0.343 e. The lowest BCUT2D eigenvalue weighted by atomic mass is 10.2. The van der Waals surface area contributed by atoms with Gasteiger partial charge in [0.15, 0.2) is 0 Å². The monoisotopic (exact) mass is 309 g/mol. The molecule has 2 heterocycles. The first-order valence-electron chi connectivity index (χ1n) is 5.92. The first kappa shape index (κ1) is 13.1. The van der Waals surface area contributed by atoms with Crippen molar-refractivity contribution in [2.45, 2.75) is 19.8 Å². The highest BCUT2D eigenvalue weighted by atomic mass is 79.9. The molecule has 0 N–H and O–H groups in total. The van der Waals surface area contributed by atoms with E-state index in [0.717, 1.165) is 28.7 Å². The zero-order valence-corrected chi connectivity index (χ0v) is 12.4. The fraction of sp³-hybridized carbons (Fsp3) is 0.385. The number of carbonyl (C=O) groups is 1. The predicted octanol–water partition coefficient (Wildman–Crippen LogP) is 2.75. The lowest BCUT2D eigenvalue weighted by Crippen LogP contribution is -2.24. The molecule has 96 valence electrons. The Labute approximate surface area is 115 Å². The summed E-state index contributed by atoms with van der Waals surface area (Å²) in [6.07, 6.45) is 3.67. The Bertz CT molecular complexity index is 589. The van der Waals surface area contributed by atoms with Gasteiger partial charge in [0.2, 0.25) is 0 Å².